The van der Waals surface area contributed by atoms with Crippen LogP contribution in [0.3, 0.4) is 0 Å². The van der Waals surface area contributed by atoms with Gasteiger partial charge in [-0.3, -0.25) is 9.69 Å². The molecule has 3 aromatic rings. The second-order valence-electron chi connectivity index (χ2n) is 7.06. The average molecular weight is 393 g/mol. The Hall–Kier alpha value is -2.70. The van der Waals surface area contributed by atoms with E-state index in [4.69, 9.17) is 5.10 Å². The van der Waals surface area contributed by atoms with Crippen molar-refractivity contribution < 1.29 is 4.79 Å². The van der Waals surface area contributed by atoms with Gasteiger partial charge in [-0.1, -0.05) is 30.3 Å². The molecule has 0 saturated heterocycles. The number of anilines is 1. The van der Waals surface area contributed by atoms with E-state index in [1.165, 1.54) is 17.7 Å². The molecule has 1 fully saturated rings. The Bertz CT molecular complexity index is 929. The highest BCUT2D eigenvalue weighted by molar-refractivity contribution is 7.09. The van der Waals surface area contributed by atoms with Crippen molar-refractivity contribution in [1.82, 2.24) is 14.7 Å². The van der Waals surface area contributed by atoms with Crippen LogP contribution in [-0.2, 0) is 11.3 Å². The molecule has 1 aromatic carbocycles. The molecule has 0 radical (unpaired) electrons. The lowest BCUT2D eigenvalue weighted by molar-refractivity contribution is -0.117. The second kappa shape index (κ2) is 8.54. The summed E-state index contributed by atoms with van der Waals surface area (Å²) in [4.78, 5) is 16.1. The molecule has 144 valence electrons. The number of rotatable bonds is 9. The molecule has 0 atom stereocenters. The fourth-order valence-corrected chi connectivity index (χ4v) is 3.96. The van der Waals surface area contributed by atoms with Crippen LogP contribution in [0.4, 0.5) is 5.82 Å². The Balaban J connectivity index is 1.49. The van der Waals surface area contributed by atoms with E-state index in [1.807, 2.05) is 53.2 Å². The topological polar surface area (TPSA) is 50.2 Å². The molecule has 1 saturated carbocycles. The molecular formula is C22H24N4OS. The first-order valence-corrected chi connectivity index (χ1v) is 10.4. The first-order chi connectivity index (χ1) is 13.7. The Morgan fingerprint density at radius 1 is 1.29 bits per heavy atom. The third kappa shape index (κ3) is 4.58. The molecule has 1 aliphatic rings. The number of para-hydroxylation sites is 1. The number of carbonyl (C=O) groups is 1. The van der Waals surface area contributed by atoms with Gasteiger partial charge in [0.2, 0.25) is 5.91 Å². The quantitative estimate of drug-likeness (QED) is 0.548. The highest BCUT2D eigenvalue weighted by atomic mass is 32.1. The highest BCUT2D eigenvalue weighted by Crippen LogP contribution is 2.40. The monoisotopic (exact) mass is 392 g/mol. The fraction of sp³-hybridized carbons (Fsp3) is 0.273. The van der Waals surface area contributed by atoms with Gasteiger partial charge in [0.15, 0.2) is 0 Å². The standard InChI is InChI=1S/C22H24N4OS/c1-2-12-25(15-19-9-6-13-28-19)16-22(27)23-21-14-20(17-10-11-17)24-26(21)18-7-4-3-5-8-18/h2-9,13-14,17H,1,10-12,15-16H2,(H,23,27). The maximum Gasteiger partial charge on any atom is 0.239 e. The number of thiophene rings is 1. The highest BCUT2D eigenvalue weighted by Gasteiger charge is 2.28. The van der Waals surface area contributed by atoms with E-state index in [9.17, 15) is 4.79 Å². The van der Waals surface area contributed by atoms with Gasteiger partial charge in [0.25, 0.3) is 0 Å². The Morgan fingerprint density at radius 2 is 2.11 bits per heavy atom. The van der Waals surface area contributed by atoms with E-state index < -0.39 is 0 Å². The normalized spacial score (nSPS) is 13.6. The molecule has 0 unspecified atom stereocenters. The molecule has 1 N–H and O–H groups in total. The third-order valence-electron chi connectivity index (χ3n) is 4.71. The van der Waals surface area contributed by atoms with Gasteiger partial charge in [-0.15, -0.1) is 17.9 Å². The van der Waals surface area contributed by atoms with E-state index in [0.29, 0.717) is 19.0 Å². The number of carbonyl (C=O) groups excluding carboxylic acids is 1. The molecule has 28 heavy (non-hydrogen) atoms. The lowest BCUT2D eigenvalue weighted by atomic mass is 10.3. The van der Waals surface area contributed by atoms with E-state index in [2.05, 4.69) is 28.2 Å². The largest absolute Gasteiger partial charge is 0.309 e. The van der Waals surface area contributed by atoms with Crippen LogP contribution in [0.25, 0.3) is 5.69 Å². The molecule has 2 aromatic heterocycles. The SMILES string of the molecule is C=CCN(CC(=O)Nc1cc(C2CC2)nn1-c1ccccc1)Cc1cccs1. The van der Waals surface area contributed by atoms with Crippen LogP contribution < -0.4 is 5.32 Å². The number of benzene rings is 1. The molecule has 0 aliphatic heterocycles. The van der Waals surface area contributed by atoms with Crippen LogP contribution >= 0.6 is 11.3 Å². The van der Waals surface area contributed by atoms with Crippen LogP contribution in [0.2, 0.25) is 0 Å². The maximum atomic E-state index is 12.8. The van der Waals surface area contributed by atoms with Crippen molar-refractivity contribution in [3.8, 4) is 5.69 Å². The number of hydrogen-bond acceptors (Lipinski definition) is 4. The van der Waals surface area contributed by atoms with E-state index in [-0.39, 0.29) is 5.91 Å². The van der Waals surface area contributed by atoms with E-state index in [1.54, 1.807) is 11.3 Å². The molecular weight excluding hydrogens is 368 g/mol. The number of aromatic nitrogens is 2. The fourth-order valence-electron chi connectivity index (χ4n) is 3.21. The molecule has 0 bridgehead atoms. The van der Waals surface area contributed by atoms with E-state index in [0.717, 1.165) is 23.7 Å². The number of hydrogen-bond donors (Lipinski definition) is 1. The predicted octanol–water partition coefficient (Wildman–Crippen LogP) is 4.44. The van der Waals surface area contributed by atoms with Gasteiger partial charge in [0.05, 0.1) is 17.9 Å². The lowest BCUT2D eigenvalue weighted by Gasteiger charge is -2.19. The van der Waals surface area contributed by atoms with Crippen molar-refractivity contribution in [2.24, 2.45) is 0 Å². The lowest BCUT2D eigenvalue weighted by Crippen LogP contribution is -2.33. The van der Waals surface area contributed by atoms with Crippen molar-refractivity contribution in [2.75, 3.05) is 18.4 Å². The smallest absolute Gasteiger partial charge is 0.239 e. The average Bonchev–Trinajstić information content (AvgIpc) is 3.26. The summed E-state index contributed by atoms with van der Waals surface area (Å²) in [6.07, 6.45) is 4.18. The van der Waals surface area contributed by atoms with Crippen LogP contribution in [0, 0.1) is 0 Å². The van der Waals surface area contributed by atoms with Gasteiger partial charge in [-0.25, -0.2) is 4.68 Å². The molecule has 6 heteroatoms. The minimum atomic E-state index is -0.0437. The maximum absolute atomic E-state index is 12.8. The van der Waals surface area contributed by atoms with Crippen LogP contribution in [0.15, 0.2) is 66.6 Å². The molecule has 5 nitrogen and oxygen atoms in total. The third-order valence-corrected chi connectivity index (χ3v) is 5.57. The van der Waals surface area contributed by atoms with E-state index >= 15 is 0 Å². The summed E-state index contributed by atoms with van der Waals surface area (Å²) in [5, 5.41) is 9.87. The van der Waals surface area contributed by atoms with Gasteiger partial charge >= 0.3 is 0 Å². The van der Waals surface area contributed by atoms with Gasteiger partial charge in [0.1, 0.15) is 5.82 Å². The van der Waals surface area contributed by atoms with Crippen molar-refractivity contribution in [2.45, 2.75) is 25.3 Å². The minimum Gasteiger partial charge on any atom is -0.309 e. The van der Waals surface area contributed by atoms with Crippen molar-refractivity contribution in [3.05, 3.63) is 77.1 Å². The zero-order valence-electron chi connectivity index (χ0n) is 15.8. The number of nitrogens with zero attached hydrogens (tertiary/aromatic N) is 3. The molecule has 0 spiro atoms. The van der Waals surface area contributed by atoms with Gasteiger partial charge in [-0.05, 0) is 36.4 Å². The zero-order valence-corrected chi connectivity index (χ0v) is 16.6. The second-order valence-corrected chi connectivity index (χ2v) is 8.09. The van der Waals surface area contributed by atoms with Crippen LogP contribution in [0.1, 0.15) is 29.3 Å². The summed E-state index contributed by atoms with van der Waals surface area (Å²) in [5.74, 6) is 1.21. The summed E-state index contributed by atoms with van der Waals surface area (Å²) in [5.41, 5.74) is 2.01. The summed E-state index contributed by atoms with van der Waals surface area (Å²) in [7, 11) is 0. The summed E-state index contributed by atoms with van der Waals surface area (Å²) < 4.78 is 1.84. The van der Waals surface area contributed by atoms with Crippen molar-refractivity contribution in [1.29, 1.82) is 0 Å². The van der Waals surface area contributed by atoms with Crippen LogP contribution in [-0.4, -0.2) is 33.7 Å². The van der Waals surface area contributed by atoms with Gasteiger partial charge < -0.3 is 5.32 Å². The summed E-state index contributed by atoms with van der Waals surface area (Å²) >= 11 is 1.70. The minimum absolute atomic E-state index is 0.0437. The Labute approximate surface area is 169 Å². The van der Waals surface area contributed by atoms with Crippen LogP contribution in [0.5, 0.6) is 0 Å². The zero-order chi connectivity index (χ0) is 19.3. The van der Waals surface area contributed by atoms with Gasteiger partial charge in [-0.2, -0.15) is 5.10 Å². The molecule has 1 aliphatic carbocycles. The van der Waals surface area contributed by atoms with Crippen molar-refractivity contribution >= 4 is 23.1 Å². The Morgan fingerprint density at radius 3 is 2.79 bits per heavy atom. The molecule has 1 amide bonds. The Kier molecular flexibility index (Phi) is 5.69. The first-order valence-electron chi connectivity index (χ1n) is 9.54. The summed E-state index contributed by atoms with van der Waals surface area (Å²) in [6, 6.07) is 16.1. The van der Waals surface area contributed by atoms with Gasteiger partial charge in [0, 0.05) is 30.0 Å². The number of nitrogens with one attached hydrogen (secondary N) is 1. The molecule has 2 heterocycles. The predicted molar refractivity (Wildman–Crippen MR) is 114 cm³/mol. The molecule has 4 rings (SSSR count). The first kappa shape index (κ1) is 18.7. The van der Waals surface area contributed by atoms with Crippen molar-refractivity contribution in [3.63, 3.8) is 0 Å². The number of amides is 1. The summed E-state index contributed by atoms with van der Waals surface area (Å²) in [6.45, 7) is 5.53.